The van der Waals surface area contributed by atoms with Crippen LogP contribution in [0.25, 0.3) is 0 Å². The lowest BCUT2D eigenvalue weighted by Crippen LogP contribution is -2.38. The van der Waals surface area contributed by atoms with Gasteiger partial charge in [-0.1, -0.05) is 12.1 Å². The van der Waals surface area contributed by atoms with Crippen molar-refractivity contribution in [1.29, 1.82) is 0 Å². The van der Waals surface area contributed by atoms with Gasteiger partial charge in [0.05, 0.1) is 6.10 Å². The van der Waals surface area contributed by atoms with E-state index in [4.69, 9.17) is 4.74 Å². The standard InChI is InChI=1S/C17H27NO/c1-11-9-13(3)16(10-12(11)2)14(4)18-15(5)17-7-6-8-19-17/h9-10,14-15,17-18H,6-8H2,1-5H3. The van der Waals surface area contributed by atoms with Crippen LogP contribution in [0.15, 0.2) is 12.1 Å². The van der Waals surface area contributed by atoms with E-state index in [2.05, 4.69) is 52.1 Å². The summed E-state index contributed by atoms with van der Waals surface area (Å²) >= 11 is 0. The van der Waals surface area contributed by atoms with Crippen molar-refractivity contribution < 1.29 is 4.74 Å². The lowest BCUT2D eigenvalue weighted by Gasteiger charge is -2.26. The zero-order valence-electron chi connectivity index (χ0n) is 12.9. The van der Waals surface area contributed by atoms with Crippen molar-refractivity contribution in [2.24, 2.45) is 0 Å². The molecule has 0 aliphatic carbocycles. The van der Waals surface area contributed by atoms with Crippen molar-refractivity contribution in [3.05, 3.63) is 34.4 Å². The Kier molecular flexibility index (Phi) is 4.64. The van der Waals surface area contributed by atoms with Gasteiger partial charge >= 0.3 is 0 Å². The predicted molar refractivity (Wildman–Crippen MR) is 80.6 cm³/mol. The molecule has 0 saturated carbocycles. The molecule has 1 aromatic rings. The van der Waals surface area contributed by atoms with Crippen molar-refractivity contribution in [3.63, 3.8) is 0 Å². The van der Waals surface area contributed by atoms with Crippen LogP contribution in [0.5, 0.6) is 0 Å². The minimum atomic E-state index is 0.374. The van der Waals surface area contributed by atoms with Crippen LogP contribution in [0.1, 0.15) is 55.0 Å². The van der Waals surface area contributed by atoms with Gasteiger partial charge in [-0.3, -0.25) is 0 Å². The van der Waals surface area contributed by atoms with Gasteiger partial charge < -0.3 is 10.1 Å². The first-order chi connectivity index (χ1) is 8.99. The first-order valence-corrected chi connectivity index (χ1v) is 7.44. The van der Waals surface area contributed by atoms with Crippen LogP contribution in [0.2, 0.25) is 0 Å². The van der Waals surface area contributed by atoms with Crippen molar-refractivity contribution in [2.45, 2.75) is 65.6 Å². The second-order valence-electron chi connectivity index (χ2n) is 6.02. The van der Waals surface area contributed by atoms with E-state index < -0.39 is 0 Å². The smallest absolute Gasteiger partial charge is 0.0726 e. The quantitative estimate of drug-likeness (QED) is 0.889. The molecule has 1 aliphatic rings. The summed E-state index contributed by atoms with van der Waals surface area (Å²) < 4.78 is 5.76. The van der Waals surface area contributed by atoms with E-state index in [9.17, 15) is 0 Å². The maximum Gasteiger partial charge on any atom is 0.0726 e. The molecule has 3 unspecified atom stereocenters. The summed E-state index contributed by atoms with van der Waals surface area (Å²) in [7, 11) is 0. The molecule has 0 radical (unpaired) electrons. The Morgan fingerprint density at radius 1 is 1.11 bits per heavy atom. The summed E-state index contributed by atoms with van der Waals surface area (Å²) in [6.45, 7) is 12.0. The van der Waals surface area contributed by atoms with Gasteiger partial charge in [-0.15, -0.1) is 0 Å². The third-order valence-electron chi connectivity index (χ3n) is 4.38. The second kappa shape index (κ2) is 6.06. The highest BCUT2D eigenvalue weighted by Gasteiger charge is 2.24. The number of ether oxygens (including phenoxy) is 1. The average Bonchev–Trinajstić information content (AvgIpc) is 2.87. The number of hydrogen-bond acceptors (Lipinski definition) is 2. The molecule has 0 bridgehead atoms. The highest BCUT2D eigenvalue weighted by molar-refractivity contribution is 5.38. The summed E-state index contributed by atoms with van der Waals surface area (Å²) in [5, 5.41) is 3.70. The molecule has 1 aliphatic heterocycles. The molecular formula is C17H27NO. The maximum atomic E-state index is 5.76. The van der Waals surface area contributed by atoms with Gasteiger partial charge in [-0.05, 0) is 69.7 Å². The number of hydrogen-bond donors (Lipinski definition) is 1. The van der Waals surface area contributed by atoms with E-state index in [-0.39, 0.29) is 0 Å². The molecule has 106 valence electrons. The number of rotatable bonds is 4. The van der Waals surface area contributed by atoms with E-state index in [1.54, 1.807) is 0 Å². The molecule has 1 N–H and O–H groups in total. The lowest BCUT2D eigenvalue weighted by atomic mass is 9.95. The molecular weight excluding hydrogens is 234 g/mol. The first-order valence-electron chi connectivity index (χ1n) is 7.44. The summed E-state index contributed by atoms with van der Waals surface area (Å²) in [6, 6.07) is 5.40. The van der Waals surface area contributed by atoms with E-state index in [0.717, 1.165) is 6.61 Å². The topological polar surface area (TPSA) is 21.3 Å². The highest BCUT2D eigenvalue weighted by Crippen LogP contribution is 2.24. The SMILES string of the molecule is Cc1cc(C)c(C(C)NC(C)C2CCCO2)cc1C. The van der Waals surface area contributed by atoms with Crippen LogP contribution in [0.3, 0.4) is 0 Å². The highest BCUT2D eigenvalue weighted by atomic mass is 16.5. The Labute approximate surface area is 117 Å². The van der Waals surface area contributed by atoms with Crippen LogP contribution < -0.4 is 5.32 Å². The van der Waals surface area contributed by atoms with Crippen LogP contribution in [0, 0.1) is 20.8 Å². The molecule has 0 aromatic heterocycles. The van der Waals surface area contributed by atoms with Gasteiger partial charge in [0, 0.05) is 18.7 Å². The van der Waals surface area contributed by atoms with E-state index in [1.165, 1.54) is 35.1 Å². The minimum Gasteiger partial charge on any atom is -0.377 e. The van der Waals surface area contributed by atoms with Crippen LogP contribution in [0.4, 0.5) is 0 Å². The molecule has 1 aromatic carbocycles. The summed E-state index contributed by atoms with van der Waals surface area (Å²) in [6.07, 6.45) is 2.77. The summed E-state index contributed by atoms with van der Waals surface area (Å²) in [5.74, 6) is 0. The van der Waals surface area contributed by atoms with Crippen LogP contribution in [-0.4, -0.2) is 18.8 Å². The Bertz CT molecular complexity index is 435. The fraction of sp³-hybridized carbons (Fsp3) is 0.647. The number of aryl methyl sites for hydroxylation is 3. The number of benzene rings is 1. The van der Waals surface area contributed by atoms with Gasteiger partial charge in [0.25, 0.3) is 0 Å². The predicted octanol–water partition coefficient (Wildman–Crippen LogP) is 3.83. The molecule has 1 fully saturated rings. The molecule has 0 amide bonds. The Hall–Kier alpha value is -0.860. The fourth-order valence-corrected chi connectivity index (χ4v) is 3.04. The molecule has 0 spiro atoms. The molecule has 1 heterocycles. The van der Waals surface area contributed by atoms with Crippen LogP contribution >= 0.6 is 0 Å². The lowest BCUT2D eigenvalue weighted by molar-refractivity contribution is 0.0804. The van der Waals surface area contributed by atoms with Crippen LogP contribution in [-0.2, 0) is 4.74 Å². The van der Waals surface area contributed by atoms with Gasteiger partial charge in [0.2, 0.25) is 0 Å². The molecule has 2 nitrogen and oxygen atoms in total. The van der Waals surface area contributed by atoms with Crippen molar-refractivity contribution in [3.8, 4) is 0 Å². The Morgan fingerprint density at radius 2 is 1.79 bits per heavy atom. The Balaban J connectivity index is 2.06. The summed E-state index contributed by atoms with van der Waals surface area (Å²) in [5.41, 5.74) is 5.54. The average molecular weight is 261 g/mol. The third kappa shape index (κ3) is 3.37. The normalized spacial score (nSPS) is 22.5. The third-order valence-corrected chi connectivity index (χ3v) is 4.38. The molecule has 19 heavy (non-hydrogen) atoms. The molecule has 1 saturated heterocycles. The van der Waals surface area contributed by atoms with Crippen molar-refractivity contribution in [1.82, 2.24) is 5.32 Å². The van der Waals surface area contributed by atoms with E-state index in [1.807, 2.05) is 0 Å². The zero-order valence-corrected chi connectivity index (χ0v) is 12.9. The Morgan fingerprint density at radius 3 is 2.42 bits per heavy atom. The second-order valence-corrected chi connectivity index (χ2v) is 6.02. The van der Waals surface area contributed by atoms with E-state index >= 15 is 0 Å². The van der Waals surface area contributed by atoms with Crippen molar-refractivity contribution >= 4 is 0 Å². The first kappa shape index (κ1) is 14.5. The van der Waals surface area contributed by atoms with Gasteiger partial charge in [0.1, 0.15) is 0 Å². The van der Waals surface area contributed by atoms with Gasteiger partial charge in [0.15, 0.2) is 0 Å². The zero-order chi connectivity index (χ0) is 14.0. The molecule has 3 atom stereocenters. The molecule has 2 rings (SSSR count). The molecule has 2 heteroatoms. The maximum absolute atomic E-state index is 5.76. The van der Waals surface area contributed by atoms with Gasteiger partial charge in [-0.25, -0.2) is 0 Å². The van der Waals surface area contributed by atoms with Gasteiger partial charge in [-0.2, -0.15) is 0 Å². The minimum absolute atomic E-state index is 0.374. The number of nitrogens with one attached hydrogen (secondary N) is 1. The fourth-order valence-electron chi connectivity index (χ4n) is 3.04. The largest absolute Gasteiger partial charge is 0.377 e. The van der Waals surface area contributed by atoms with Crippen molar-refractivity contribution in [2.75, 3.05) is 6.61 Å². The van der Waals surface area contributed by atoms with E-state index in [0.29, 0.717) is 18.2 Å². The monoisotopic (exact) mass is 261 g/mol. The summed E-state index contributed by atoms with van der Waals surface area (Å²) in [4.78, 5) is 0.